The van der Waals surface area contributed by atoms with Gasteiger partial charge < -0.3 is 5.32 Å². The zero-order valence-electron chi connectivity index (χ0n) is 21.0. The number of benzene rings is 3. The van der Waals surface area contributed by atoms with Crippen molar-refractivity contribution in [1.82, 2.24) is 10.8 Å². The van der Waals surface area contributed by atoms with Gasteiger partial charge in [0.2, 0.25) is 5.91 Å². The molecule has 3 aromatic carbocycles. The van der Waals surface area contributed by atoms with E-state index < -0.39 is 0 Å². The highest BCUT2D eigenvalue weighted by molar-refractivity contribution is 7.98. The van der Waals surface area contributed by atoms with Crippen LogP contribution in [0, 0.1) is 5.82 Å². The van der Waals surface area contributed by atoms with Gasteiger partial charge in [-0.3, -0.25) is 14.4 Å². The lowest BCUT2D eigenvalue weighted by Gasteiger charge is -2.10. The van der Waals surface area contributed by atoms with Gasteiger partial charge in [-0.2, -0.15) is 0 Å². The van der Waals surface area contributed by atoms with E-state index >= 15 is 0 Å². The quantitative estimate of drug-likeness (QED) is 0.0848. The Morgan fingerprint density at radius 2 is 1.59 bits per heavy atom. The van der Waals surface area contributed by atoms with Crippen LogP contribution in [0.3, 0.4) is 0 Å². The summed E-state index contributed by atoms with van der Waals surface area (Å²) in [4.78, 5) is 31.3. The molecule has 2 N–H and O–H groups in total. The summed E-state index contributed by atoms with van der Waals surface area (Å²) in [7, 11) is 0. The van der Waals surface area contributed by atoms with E-state index in [1.165, 1.54) is 12.1 Å². The normalized spacial score (nSPS) is 11.2. The number of carbonyl (C=O) groups excluding carboxylic acids is 2. The van der Waals surface area contributed by atoms with Gasteiger partial charge in [-0.1, -0.05) is 67.4 Å². The van der Waals surface area contributed by atoms with Gasteiger partial charge in [-0.25, -0.2) is 9.87 Å². The lowest BCUT2D eigenvalue weighted by Crippen LogP contribution is -2.25. The van der Waals surface area contributed by atoms with Crippen LogP contribution in [0.1, 0.15) is 48.8 Å². The van der Waals surface area contributed by atoms with Gasteiger partial charge in [0.25, 0.3) is 5.91 Å². The molecule has 194 valence electrons. The average molecular weight is 521 g/mol. The highest BCUT2D eigenvalue weighted by atomic mass is 32.2. The molecule has 0 atom stereocenters. The van der Waals surface area contributed by atoms with Gasteiger partial charge in [0.05, 0.1) is 6.61 Å². The van der Waals surface area contributed by atoms with E-state index in [4.69, 9.17) is 4.84 Å². The number of unbranched alkanes of at least 4 members (excludes halogenated alkanes) is 3. The Kier molecular flexibility index (Phi) is 11.9. The minimum Gasteiger partial charge on any atom is -0.352 e. The third-order valence-corrected chi connectivity index (χ3v) is 6.45. The molecule has 0 unspecified atom stereocenters. The van der Waals surface area contributed by atoms with E-state index in [2.05, 4.69) is 10.8 Å². The van der Waals surface area contributed by atoms with E-state index in [1.807, 2.05) is 66.9 Å². The topological polar surface area (TPSA) is 67.4 Å². The Morgan fingerprint density at radius 1 is 0.892 bits per heavy atom. The third kappa shape index (κ3) is 10.2. The van der Waals surface area contributed by atoms with Crippen LogP contribution in [-0.4, -0.2) is 24.6 Å². The molecule has 0 saturated heterocycles. The molecule has 0 aromatic heterocycles. The molecule has 0 spiro atoms. The molecule has 0 heterocycles. The van der Waals surface area contributed by atoms with Crippen molar-refractivity contribution in [3.8, 4) is 0 Å². The summed E-state index contributed by atoms with van der Waals surface area (Å²) in [5, 5.41) is 2.98. The SMILES string of the molecule is CSc1ccc(/C=C(\C(=O)NCCCCCCC(=O)NOCc2ccccc2)c2ccc(F)cc2)cc1. The molecule has 3 aromatic rings. The maximum atomic E-state index is 13.4. The maximum Gasteiger partial charge on any atom is 0.251 e. The minimum absolute atomic E-state index is 0.135. The van der Waals surface area contributed by atoms with Crippen LogP contribution in [0.4, 0.5) is 4.39 Å². The van der Waals surface area contributed by atoms with Crippen LogP contribution >= 0.6 is 11.8 Å². The van der Waals surface area contributed by atoms with Crippen molar-refractivity contribution >= 4 is 35.2 Å². The number of halogens is 1. The maximum absolute atomic E-state index is 13.4. The number of hydroxylamine groups is 1. The molecule has 5 nitrogen and oxygen atoms in total. The highest BCUT2D eigenvalue weighted by Gasteiger charge is 2.12. The van der Waals surface area contributed by atoms with Crippen LogP contribution in [0.15, 0.2) is 83.8 Å². The zero-order valence-corrected chi connectivity index (χ0v) is 21.9. The molecule has 37 heavy (non-hydrogen) atoms. The first-order valence-corrected chi connectivity index (χ1v) is 13.6. The molecule has 0 aliphatic carbocycles. The van der Waals surface area contributed by atoms with E-state index in [9.17, 15) is 14.0 Å². The molecule has 0 bridgehead atoms. The smallest absolute Gasteiger partial charge is 0.251 e. The fourth-order valence-electron chi connectivity index (χ4n) is 3.66. The van der Waals surface area contributed by atoms with Crippen molar-refractivity contribution < 1.29 is 18.8 Å². The Bertz CT molecular complexity index is 1150. The number of hydrogen-bond donors (Lipinski definition) is 2. The van der Waals surface area contributed by atoms with Crippen LogP contribution in [0.25, 0.3) is 11.6 Å². The van der Waals surface area contributed by atoms with Gasteiger partial charge in [0.1, 0.15) is 5.82 Å². The standard InChI is InChI=1S/C30H33FN2O3S/c1-37-27-18-12-23(13-19-27)21-28(25-14-16-26(31)17-15-25)30(35)32-20-8-3-2-7-11-29(34)33-36-22-24-9-5-4-6-10-24/h4-6,9-10,12-19,21H,2-3,7-8,11,20,22H2,1H3,(H,32,35)(H,33,34)/b28-21-. The number of thioether (sulfide) groups is 1. The largest absolute Gasteiger partial charge is 0.352 e. The lowest BCUT2D eigenvalue weighted by molar-refractivity contribution is -0.134. The predicted molar refractivity (Wildman–Crippen MR) is 148 cm³/mol. The fraction of sp³-hybridized carbons (Fsp3) is 0.267. The second-order valence-corrected chi connectivity index (χ2v) is 9.44. The summed E-state index contributed by atoms with van der Waals surface area (Å²) >= 11 is 1.65. The Hall–Kier alpha value is -3.42. The first kappa shape index (κ1) is 28.2. The fourth-order valence-corrected chi connectivity index (χ4v) is 4.07. The summed E-state index contributed by atoms with van der Waals surface area (Å²) in [5.74, 6) is -0.677. The molecule has 0 radical (unpaired) electrons. The van der Waals surface area contributed by atoms with Gasteiger partial charge in [0.15, 0.2) is 0 Å². The number of amides is 2. The van der Waals surface area contributed by atoms with Gasteiger partial charge >= 0.3 is 0 Å². The first-order valence-electron chi connectivity index (χ1n) is 12.4. The number of carbonyl (C=O) groups is 2. The minimum atomic E-state index is -0.343. The average Bonchev–Trinajstić information content (AvgIpc) is 2.92. The van der Waals surface area contributed by atoms with Crippen LogP contribution in [-0.2, 0) is 21.0 Å². The number of rotatable bonds is 14. The Morgan fingerprint density at radius 3 is 2.30 bits per heavy atom. The van der Waals surface area contributed by atoms with Crippen LogP contribution in [0.5, 0.6) is 0 Å². The molecular weight excluding hydrogens is 487 g/mol. The molecule has 7 heteroatoms. The summed E-state index contributed by atoms with van der Waals surface area (Å²) in [6, 6.07) is 23.5. The summed E-state index contributed by atoms with van der Waals surface area (Å²) in [5.41, 5.74) is 5.53. The molecule has 0 aliphatic rings. The van der Waals surface area contributed by atoms with Crippen molar-refractivity contribution in [3.63, 3.8) is 0 Å². The Balaban J connectivity index is 1.39. The van der Waals surface area contributed by atoms with Gasteiger partial charge in [-0.05, 0) is 66.1 Å². The number of hydrogen-bond acceptors (Lipinski definition) is 4. The summed E-state index contributed by atoms with van der Waals surface area (Å²) < 4.78 is 13.4. The van der Waals surface area contributed by atoms with E-state index in [1.54, 1.807) is 23.9 Å². The lowest BCUT2D eigenvalue weighted by atomic mass is 10.0. The predicted octanol–water partition coefficient (Wildman–Crippen LogP) is 6.40. The second-order valence-electron chi connectivity index (χ2n) is 8.56. The van der Waals surface area contributed by atoms with Crippen LogP contribution in [0.2, 0.25) is 0 Å². The molecule has 3 rings (SSSR count). The molecule has 0 fully saturated rings. The zero-order chi connectivity index (χ0) is 26.3. The monoisotopic (exact) mass is 520 g/mol. The number of nitrogens with one attached hydrogen (secondary N) is 2. The summed E-state index contributed by atoms with van der Waals surface area (Å²) in [6.07, 6.45) is 7.56. The second kappa shape index (κ2) is 15.6. The van der Waals surface area contributed by atoms with Crippen LogP contribution < -0.4 is 10.8 Å². The molecule has 0 aliphatic heterocycles. The van der Waals surface area contributed by atoms with E-state index in [0.29, 0.717) is 30.7 Å². The van der Waals surface area contributed by atoms with E-state index in [-0.39, 0.29) is 17.6 Å². The third-order valence-electron chi connectivity index (χ3n) is 5.71. The first-order chi connectivity index (χ1) is 18.0. The van der Waals surface area contributed by atoms with Crippen molar-refractivity contribution in [2.75, 3.05) is 12.8 Å². The molecule has 2 amide bonds. The molecular formula is C30H33FN2O3S. The van der Waals surface area contributed by atoms with Crippen molar-refractivity contribution in [2.45, 2.75) is 43.6 Å². The van der Waals surface area contributed by atoms with Crippen molar-refractivity contribution in [1.29, 1.82) is 0 Å². The van der Waals surface area contributed by atoms with Gasteiger partial charge in [0, 0.05) is 23.4 Å². The molecule has 0 saturated carbocycles. The van der Waals surface area contributed by atoms with Crippen molar-refractivity contribution in [3.05, 3.63) is 101 Å². The van der Waals surface area contributed by atoms with E-state index in [0.717, 1.165) is 41.7 Å². The summed E-state index contributed by atoms with van der Waals surface area (Å²) in [6.45, 7) is 0.860. The Labute approximate surface area is 222 Å². The van der Waals surface area contributed by atoms with Gasteiger partial charge in [-0.15, -0.1) is 11.8 Å². The van der Waals surface area contributed by atoms with Crippen molar-refractivity contribution in [2.24, 2.45) is 0 Å². The highest BCUT2D eigenvalue weighted by Crippen LogP contribution is 2.21.